The molecule has 0 amide bonds. The van der Waals surface area contributed by atoms with Crippen LogP contribution in [-0.2, 0) is 0 Å². The fraction of sp³-hybridized carbons (Fsp3) is 0.200. The van der Waals surface area contributed by atoms with E-state index in [1.165, 1.54) is 6.07 Å². The van der Waals surface area contributed by atoms with Gasteiger partial charge in [-0.2, -0.15) is 0 Å². The molecule has 0 radical (unpaired) electrons. The Balaban J connectivity index is 2.96. The Labute approximate surface area is 71.2 Å². The third kappa shape index (κ3) is 2.17. The van der Waals surface area contributed by atoms with Gasteiger partial charge in [-0.15, -0.1) is 0 Å². The molecule has 0 saturated carbocycles. The molecule has 1 nitrogen and oxygen atoms in total. The zero-order valence-corrected chi connectivity index (χ0v) is 6.92. The maximum absolute atomic E-state index is 13.0. The highest BCUT2D eigenvalue weighted by molar-refractivity contribution is 5.52. The molecule has 0 aliphatic rings. The van der Waals surface area contributed by atoms with Crippen molar-refractivity contribution in [1.82, 2.24) is 0 Å². The second-order valence-electron chi connectivity index (χ2n) is 2.67. The van der Waals surface area contributed by atoms with E-state index >= 15 is 0 Å². The number of aliphatic hydroxyl groups is 1. The lowest BCUT2D eigenvalue weighted by Gasteiger charge is -1.97. The van der Waals surface area contributed by atoms with Gasteiger partial charge in [-0.25, -0.2) is 4.39 Å². The van der Waals surface area contributed by atoms with Gasteiger partial charge in [-0.1, -0.05) is 24.3 Å². The molecule has 64 valence electrons. The molecule has 1 aromatic carbocycles. The lowest BCUT2D eigenvalue weighted by Crippen LogP contribution is -1.86. The molecule has 0 atom stereocenters. The highest BCUT2D eigenvalue weighted by atomic mass is 19.1. The topological polar surface area (TPSA) is 20.2 Å². The van der Waals surface area contributed by atoms with Crippen LogP contribution in [-0.4, -0.2) is 11.7 Å². The van der Waals surface area contributed by atoms with Gasteiger partial charge in [0.25, 0.3) is 0 Å². The van der Waals surface area contributed by atoms with Crippen LogP contribution >= 0.6 is 0 Å². The first kappa shape index (κ1) is 8.94. The predicted molar refractivity (Wildman–Crippen MR) is 47.1 cm³/mol. The number of halogens is 1. The van der Waals surface area contributed by atoms with Crippen LogP contribution in [0.15, 0.2) is 29.8 Å². The van der Waals surface area contributed by atoms with E-state index in [1.807, 2.05) is 0 Å². The highest BCUT2D eigenvalue weighted by Crippen LogP contribution is 2.10. The average molecular weight is 166 g/mol. The third-order valence-corrected chi connectivity index (χ3v) is 1.56. The Bertz CT molecular complexity index is 292. The van der Waals surface area contributed by atoms with Crippen LogP contribution in [0.25, 0.3) is 6.08 Å². The van der Waals surface area contributed by atoms with Crippen molar-refractivity contribution < 1.29 is 9.50 Å². The van der Waals surface area contributed by atoms with Crippen LogP contribution < -0.4 is 0 Å². The van der Waals surface area contributed by atoms with Crippen LogP contribution in [0.2, 0.25) is 0 Å². The van der Waals surface area contributed by atoms with Gasteiger partial charge in [0.2, 0.25) is 0 Å². The normalized spacial score (nSPS) is 11.8. The third-order valence-electron chi connectivity index (χ3n) is 1.56. The minimum Gasteiger partial charge on any atom is -0.392 e. The van der Waals surface area contributed by atoms with E-state index < -0.39 is 0 Å². The van der Waals surface area contributed by atoms with Crippen LogP contribution in [0, 0.1) is 5.82 Å². The van der Waals surface area contributed by atoms with Crippen molar-refractivity contribution in [3.8, 4) is 0 Å². The molecular weight excluding hydrogens is 155 g/mol. The minimum absolute atomic E-state index is 0.0334. The summed E-state index contributed by atoms with van der Waals surface area (Å²) in [6.45, 7) is 1.72. The van der Waals surface area contributed by atoms with E-state index in [0.717, 1.165) is 5.57 Å². The van der Waals surface area contributed by atoms with Crippen LogP contribution in [0.5, 0.6) is 0 Å². The summed E-state index contributed by atoms with van der Waals surface area (Å²) in [4.78, 5) is 0. The van der Waals surface area contributed by atoms with Crippen molar-refractivity contribution in [3.63, 3.8) is 0 Å². The summed E-state index contributed by atoms with van der Waals surface area (Å²) in [5, 5.41) is 8.70. The van der Waals surface area contributed by atoms with Crippen molar-refractivity contribution in [2.75, 3.05) is 6.61 Å². The fourth-order valence-electron chi connectivity index (χ4n) is 0.903. The Morgan fingerprint density at radius 3 is 2.75 bits per heavy atom. The van der Waals surface area contributed by atoms with Gasteiger partial charge in [0.1, 0.15) is 5.82 Å². The number of benzene rings is 1. The molecule has 1 N–H and O–H groups in total. The van der Waals surface area contributed by atoms with E-state index in [-0.39, 0.29) is 12.4 Å². The number of hydrogen-bond donors (Lipinski definition) is 1. The molecule has 0 aliphatic carbocycles. The van der Waals surface area contributed by atoms with Gasteiger partial charge in [-0.3, -0.25) is 0 Å². The highest BCUT2D eigenvalue weighted by Gasteiger charge is 1.96. The molecule has 0 aliphatic heterocycles. The number of hydrogen-bond acceptors (Lipinski definition) is 1. The summed E-state index contributed by atoms with van der Waals surface area (Å²) >= 11 is 0. The van der Waals surface area contributed by atoms with E-state index in [1.54, 1.807) is 31.2 Å². The first-order valence-corrected chi connectivity index (χ1v) is 3.76. The maximum atomic E-state index is 13.0. The van der Waals surface area contributed by atoms with Gasteiger partial charge in [-0.05, 0) is 18.6 Å². The van der Waals surface area contributed by atoms with Crippen LogP contribution in [0.1, 0.15) is 12.5 Å². The first-order chi connectivity index (χ1) is 5.74. The van der Waals surface area contributed by atoms with Gasteiger partial charge >= 0.3 is 0 Å². The van der Waals surface area contributed by atoms with E-state index in [0.29, 0.717) is 5.56 Å². The van der Waals surface area contributed by atoms with Gasteiger partial charge < -0.3 is 5.11 Å². The lowest BCUT2D eigenvalue weighted by atomic mass is 10.1. The second-order valence-corrected chi connectivity index (χ2v) is 2.67. The SMILES string of the molecule is CC(=Cc1ccccc1F)CO. The maximum Gasteiger partial charge on any atom is 0.130 e. The summed E-state index contributed by atoms with van der Waals surface area (Å²) in [6.07, 6.45) is 1.63. The first-order valence-electron chi connectivity index (χ1n) is 3.76. The van der Waals surface area contributed by atoms with E-state index in [4.69, 9.17) is 5.11 Å². The van der Waals surface area contributed by atoms with Crippen LogP contribution in [0.3, 0.4) is 0 Å². The Morgan fingerprint density at radius 2 is 2.17 bits per heavy atom. The zero-order valence-electron chi connectivity index (χ0n) is 6.92. The second kappa shape index (κ2) is 4.02. The standard InChI is InChI=1S/C10H11FO/c1-8(7-12)6-9-4-2-3-5-10(9)11/h2-6,12H,7H2,1H3. The molecule has 0 fully saturated rings. The minimum atomic E-state index is -0.259. The molecular formula is C10H11FO. The number of aliphatic hydroxyl groups excluding tert-OH is 1. The van der Waals surface area contributed by atoms with Crippen molar-refractivity contribution in [2.24, 2.45) is 0 Å². The van der Waals surface area contributed by atoms with Crippen molar-refractivity contribution in [1.29, 1.82) is 0 Å². The molecule has 0 spiro atoms. The average Bonchev–Trinajstić information content (AvgIpc) is 2.09. The summed E-state index contributed by atoms with van der Waals surface area (Å²) in [5.74, 6) is -0.259. The molecule has 0 saturated heterocycles. The summed E-state index contributed by atoms with van der Waals surface area (Å²) < 4.78 is 13.0. The Morgan fingerprint density at radius 1 is 1.50 bits per heavy atom. The molecule has 0 unspecified atom stereocenters. The molecule has 0 bridgehead atoms. The van der Waals surface area contributed by atoms with E-state index in [9.17, 15) is 4.39 Å². The van der Waals surface area contributed by atoms with Gasteiger partial charge in [0.05, 0.1) is 6.61 Å². The molecule has 2 heteroatoms. The fourth-order valence-corrected chi connectivity index (χ4v) is 0.903. The van der Waals surface area contributed by atoms with E-state index in [2.05, 4.69) is 0 Å². The van der Waals surface area contributed by atoms with Gasteiger partial charge in [0, 0.05) is 5.56 Å². The quantitative estimate of drug-likeness (QED) is 0.714. The predicted octanol–water partition coefficient (Wildman–Crippen LogP) is 2.22. The van der Waals surface area contributed by atoms with Crippen molar-refractivity contribution >= 4 is 6.08 Å². The molecule has 1 aromatic rings. The Kier molecular flexibility index (Phi) is 3.00. The smallest absolute Gasteiger partial charge is 0.130 e. The zero-order chi connectivity index (χ0) is 8.97. The van der Waals surface area contributed by atoms with Gasteiger partial charge in [0.15, 0.2) is 0 Å². The molecule has 0 heterocycles. The summed E-state index contributed by atoms with van der Waals surface area (Å²) in [5.41, 5.74) is 1.27. The van der Waals surface area contributed by atoms with Crippen molar-refractivity contribution in [3.05, 3.63) is 41.2 Å². The van der Waals surface area contributed by atoms with Crippen molar-refractivity contribution in [2.45, 2.75) is 6.92 Å². The Hall–Kier alpha value is -1.15. The molecule has 12 heavy (non-hydrogen) atoms. The largest absolute Gasteiger partial charge is 0.392 e. The number of rotatable bonds is 2. The van der Waals surface area contributed by atoms with Crippen LogP contribution in [0.4, 0.5) is 4.39 Å². The molecule has 0 aromatic heterocycles. The summed E-state index contributed by atoms with van der Waals surface area (Å²) in [7, 11) is 0. The summed E-state index contributed by atoms with van der Waals surface area (Å²) in [6, 6.07) is 6.48. The monoisotopic (exact) mass is 166 g/mol. The lowest BCUT2D eigenvalue weighted by molar-refractivity contribution is 0.332. The molecule has 1 rings (SSSR count).